The first kappa shape index (κ1) is 25.3. The number of carbonyl (C=O) groups is 3. The quantitative estimate of drug-likeness (QED) is 0.281. The molecule has 1 saturated heterocycles. The number of Topliss-reactive ketones (excluding diaryl/α,β-unsaturated/α-hetero) is 1. The van der Waals surface area contributed by atoms with Gasteiger partial charge in [0.15, 0.2) is 11.5 Å². The number of benzene rings is 3. The van der Waals surface area contributed by atoms with Gasteiger partial charge in [-0.25, -0.2) is 0 Å². The van der Waals surface area contributed by atoms with Crippen LogP contribution in [0.1, 0.15) is 24.1 Å². The first-order chi connectivity index (χ1) is 17.8. The van der Waals surface area contributed by atoms with Gasteiger partial charge in [0.05, 0.1) is 32.9 Å². The Morgan fingerprint density at radius 3 is 2.08 bits per heavy atom. The molecule has 190 valence electrons. The number of nitrogens with one attached hydrogen (secondary N) is 1. The summed E-state index contributed by atoms with van der Waals surface area (Å²) in [6.07, 6.45) is 0. The molecule has 1 fully saturated rings. The Hall–Kier alpha value is -4.79. The van der Waals surface area contributed by atoms with Crippen molar-refractivity contribution in [3.63, 3.8) is 0 Å². The van der Waals surface area contributed by atoms with Crippen molar-refractivity contribution in [2.75, 3.05) is 31.5 Å². The van der Waals surface area contributed by atoms with Crippen LogP contribution in [-0.2, 0) is 14.4 Å². The number of ether oxygens (including phenoxy) is 3. The summed E-state index contributed by atoms with van der Waals surface area (Å²) >= 11 is 0. The normalized spacial score (nSPS) is 16.4. The van der Waals surface area contributed by atoms with Crippen LogP contribution in [0.2, 0.25) is 0 Å². The molecule has 0 aromatic heterocycles. The van der Waals surface area contributed by atoms with Gasteiger partial charge < -0.3 is 24.6 Å². The smallest absolute Gasteiger partial charge is 0.300 e. The van der Waals surface area contributed by atoms with Gasteiger partial charge in [-0.15, -0.1) is 0 Å². The fourth-order valence-corrected chi connectivity index (χ4v) is 4.25. The van der Waals surface area contributed by atoms with E-state index in [4.69, 9.17) is 14.2 Å². The highest BCUT2D eigenvalue weighted by Gasteiger charge is 2.47. The van der Waals surface area contributed by atoms with Crippen LogP contribution in [0.5, 0.6) is 17.2 Å². The van der Waals surface area contributed by atoms with Crippen LogP contribution in [0, 0.1) is 0 Å². The van der Waals surface area contributed by atoms with Gasteiger partial charge in [-0.05, 0) is 66.2 Å². The van der Waals surface area contributed by atoms with E-state index in [1.807, 2.05) is 0 Å². The van der Waals surface area contributed by atoms with Crippen molar-refractivity contribution >= 4 is 34.7 Å². The van der Waals surface area contributed by atoms with Gasteiger partial charge in [0.2, 0.25) is 5.91 Å². The molecule has 4 rings (SSSR count). The maximum Gasteiger partial charge on any atom is 0.300 e. The van der Waals surface area contributed by atoms with Gasteiger partial charge in [0.1, 0.15) is 11.5 Å². The van der Waals surface area contributed by atoms with Crippen molar-refractivity contribution in [2.45, 2.75) is 13.0 Å². The number of carbonyl (C=O) groups excluding carboxylic acids is 3. The second-order valence-electron chi connectivity index (χ2n) is 8.24. The SMILES string of the molecule is COc1ccc(C(O)=C2C(=O)C(=O)N(c3ccc(NC(C)=O)cc3)C2c2ccc(OC)c(OC)c2)cc1. The van der Waals surface area contributed by atoms with Crippen molar-refractivity contribution in [3.05, 3.63) is 83.4 Å². The fourth-order valence-electron chi connectivity index (χ4n) is 4.25. The molecule has 37 heavy (non-hydrogen) atoms. The lowest BCUT2D eigenvalue weighted by atomic mass is 9.94. The topological polar surface area (TPSA) is 114 Å². The Labute approximate surface area is 213 Å². The van der Waals surface area contributed by atoms with E-state index < -0.39 is 17.7 Å². The zero-order valence-corrected chi connectivity index (χ0v) is 20.8. The van der Waals surface area contributed by atoms with Crippen molar-refractivity contribution in [1.29, 1.82) is 0 Å². The number of aliphatic hydroxyl groups excluding tert-OH is 1. The van der Waals surface area contributed by atoms with E-state index in [0.717, 1.165) is 0 Å². The third-order valence-electron chi connectivity index (χ3n) is 6.00. The third-order valence-corrected chi connectivity index (χ3v) is 6.00. The molecule has 0 spiro atoms. The summed E-state index contributed by atoms with van der Waals surface area (Å²) < 4.78 is 16.0. The second-order valence-corrected chi connectivity index (χ2v) is 8.24. The molecule has 1 heterocycles. The predicted octanol–water partition coefficient (Wildman–Crippen LogP) is 4.30. The van der Waals surface area contributed by atoms with Crippen LogP contribution in [0.15, 0.2) is 72.3 Å². The van der Waals surface area contributed by atoms with Crippen LogP contribution in [0.3, 0.4) is 0 Å². The van der Waals surface area contributed by atoms with Crippen LogP contribution in [-0.4, -0.2) is 44.0 Å². The van der Waals surface area contributed by atoms with Crippen molar-refractivity contribution < 1.29 is 33.7 Å². The summed E-state index contributed by atoms with van der Waals surface area (Å²) in [5.74, 6) is -0.751. The van der Waals surface area contributed by atoms with Gasteiger partial charge in [-0.3, -0.25) is 19.3 Å². The summed E-state index contributed by atoms with van der Waals surface area (Å²) in [5, 5.41) is 13.9. The second kappa shape index (κ2) is 10.4. The number of rotatable bonds is 7. The van der Waals surface area contributed by atoms with E-state index in [1.54, 1.807) is 66.7 Å². The maximum atomic E-state index is 13.4. The first-order valence-corrected chi connectivity index (χ1v) is 11.3. The molecule has 9 nitrogen and oxygen atoms in total. The highest BCUT2D eigenvalue weighted by atomic mass is 16.5. The first-order valence-electron chi connectivity index (χ1n) is 11.3. The zero-order chi connectivity index (χ0) is 26.7. The molecule has 2 N–H and O–H groups in total. The molecular weight excluding hydrogens is 476 g/mol. The molecule has 0 saturated carbocycles. The summed E-state index contributed by atoms with van der Waals surface area (Å²) in [4.78, 5) is 39.4. The summed E-state index contributed by atoms with van der Waals surface area (Å²) in [6.45, 7) is 1.39. The minimum absolute atomic E-state index is 0.0756. The van der Waals surface area contributed by atoms with Crippen molar-refractivity contribution in [3.8, 4) is 17.2 Å². The zero-order valence-electron chi connectivity index (χ0n) is 20.8. The van der Waals surface area contributed by atoms with Crippen LogP contribution in [0.4, 0.5) is 11.4 Å². The van der Waals surface area contributed by atoms with E-state index in [2.05, 4.69) is 5.32 Å². The average Bonchev–Trinajstić information content (AvgIpc) is 3.18. The van der Waals surface area contributed by atoms with E-state index in [1.165, 1.54) is 33.2 Å². The van der Waals surface area contributed by atoms with Crippen molar-refractivity contribution in [1.82, 2.24) is 0 Å². The lowest BCUT2D eigenvalue weighted by Gasteiger charge is -2.26. The third kappa shape index (κ3) is 4.84. The lowest BCUT2D eigenvalue weighted by molar-refractivity contribution is -0.132. The molecule has 1 aliphatic rings. The monoisotopic (exact) mass is 502 g/mol. The summed E-state index contributed by atoms with van der Waals surface area (Å²) in [6, 6.07) is 17.1. The van der Waals surface area contributed by atoms with Crippen molar-refractivity contribution in [2.24, 2.45) is 0 Å². The number of hydrogen-bond donors (Lipinski definition) is 2. The molecule has 1 unspecified atom stereocenters. The maximum absolute atomic E-state index is 13.4. The standard InChI is InChI=1S/C28H26N2O7/c1-16(31)29-19-8-10-20(11-9-19)30-25(18-7-14-22(36-3)23(15-18)37-4)24(27(33)28(30)34)26(32)17-5-12-21(35-2)13-6-17/h5-15,25,32H,1-4H3,(H,29,31). The van der Waals surface area contributed by atoms with Gasteiger partial charge in [0.25, 0.3) is 11.7 Å². The average molecular weight is 503 g/mol. The summed E-state index contributed by atoms with van der Waals surface area (Å²) in [5.41, 5.74) is 1.75. The summed E-state index contributed by atoms with van der Waals surface area (Å²) in [7, 11) is 4.51. The molecule has 3 aromatic rings. The van der Waals surface area contributed by atoms with E-state index >= 15 is 0 Å². The number of nitrogens with zero attached hydrogens (tertiary/aromatic N) is 1. The Morgan fingerprint density at radius 2 is 1.51 bits per heavy atom. The molecular formula is C28H26N2O7. The van der Waals surface area contributed by atoms with Gasteiger partial charge in [-0.2, -0.15) is 0 Å². The predicted molar refractivity (Wildman–Crippen MR) is 138 cm³/mol. The van der Waals surface area contributed by atoms with Crippen LogP contribution < -0.4 is 24.4 Å². The number of methoxy groups -OCH3 is 3. The number of anilines is 2. The number of hydrogen-bond acceptors (Lipinski definition) is 7. The van der Waals surface area contributed by atoms with Gasteiger partial charge in [0, 0.05) is 23.9 Å². The Bertz CT molecular complexity index is 1380. The highest BCUT2D eigenvalue weighted by molar-refractivity contribution is 6.51. The van der Waals surface area contributed by atoms with Gasteiger partial charge in [-0.1, -0.05) is 6.07 Å². The van der Waals surface area contributed by atoms with Crippen LogP contribution in [0.25, 0.3) is 5.76 Å². The lowest BCUT2D eigenvalue weighted by Crippen LogP contribution is -2.29. The number of ketones is 1. The van der Waals surface area contributed by atoms with Crippen LogP contribution >= 0.6 is 0 Å². The Balaban J connectivity index is 1.90. The van der Waals surface area contributed by atoms with E-state index in [0.29, 0.717) is 39.8 Å². The Morgan fingerprint density at radius 1 is 0.865 bits per heavy atom. The molecule has 9 heteroatoms. The molecule has 1 aliphatic heterocycles. The molecule has 0 radical (unpaired) electrons. The largest absolute Gasteiger partial charge is 0.507 e. The molecule has 0 aliphatic carbocycles. The Kier molecular flexibility index (Phi) is 7.15. The number of amides is 2. The highest BCUT2D eigenvalue weighted by Crippen LogP contribution is 2.44. The number of aliphatic hydroxyl groups is 1. The minimum atomic E-state index is -0.964. The minimum Gasteiger partial charge on any atom is -0.507 e. The van der Waals surface area contributed by atoms with E-state index in [-0.39, 0.29) is 17.2 Å². The molecule has 2 amide bonds. The molecule has 1 atom stereocenters. The van der Waals surface area contributed by atoms with E-state index in [9.17, 15) is 19.5 Å². The van der Waals surface area contributed by atoms with Gasteiger partial charge >= 0.3 is 0 Å². The molecule has 0 bridgehead atoms. The fraction of sp³-hybridized carbons (Fsp3) is 0.179. The molecule has 3 aromatic carbocycles.